The average molecular weight is 225 g/mol. The Morgan fingerprint density at radius 1 is 1.38 bits per heavy atom. The van der Waals surface area contributed by atoms with Crippen molar-refractivity contribution in [2.45, 2.75) is 64.5 Å². The van der Waals surface area contributed by atoms with Crippen molar-refractivity contribution in [3.05, 3.63) is 0 Å². The van der Waals surface area contributed by atoms with Gasteiger partial charge in [-0.1, -0.05) is 19.3 Å². The molecule has 0 aromatic carbocycles. The summed E-state index contributed by atoms with van der Waals surface area (Å²) in [5.74, 6) is 0.102. The van der Waals surface area contributed by atoms with Crippen LogP contribution in [0.25, 0.3) is 0 Å². The van der Waals surface area contributed by atoms with Crippen LogP contribution in [0.3, 0.4) is 0 Å². The van der Waals surface area contributed by atoms with E-state index < -0.39 is 0 Å². The molecule has 1 spiro atoms. The van der Waals surface area contributed by atoms with Gasteiger partial charge in [-0.15, -0.1) is 0 Å². The predicted molar refractivity (Wildman–Crippen MR) is 63.2 cm³/mol. The SMILES string of the molecule is CCO[C@H]1C[C@H](NC(C)=O)C12CCCCC2. The van der Waals surface area contributed by atoms with Gasteiger partial charge in [-0.25, -0.2) is 0 Å². The molecule has 0 unspecified atom stereocenters. The molecule has 3 heteroatoms. The summed E-state index contributed by atoms with van der Waals surface area (Å²) in [4.78, 5) is 11.2. The molecule has 1 amide bonds. The average Bonchev–Trinajstić information content (AvgIpc) is 2.28. The summed E-state index contributed by atoms with van der Waals surface area (Å²) in [5.41, 5.74) is 0.264. The van der Waals surface area contributed by atoms with Gasteiger partial charge in [0.2, 0.25) is 5.91 Å². The second kappa shape index (κ2) is 4.74. The lowest BCUT2D eigenvalue weighted by molar-refractivity contribution is -0.156. The van der Waals surface area contributed by atoms with Crippen molar-refractivity contribution in [3.63, 3.8) is 0 Å². The lowest BCUT2D eigenvalue weighted by atomic mass is 9.55. The number of carbonyl (C=O) groups excluding carboxylic acids is 1. The van der Waals surface area contributed by atoms with E-state index in [0.717, 1.165) is 13.0 Å². The van der Waals surface area contributed by atoms with Gasteiger partial charge in [-0.3, -0.25) is 4.79 Å². The Morgan fingerprint density at radius 3 is 2.62 bits per heavy atom. The summed E-state index contributed by atoms with van der Waals surface area (Å²) in [6.45, 7) is 4.46. The second-order valence-electron chi connectivity index (χ2n) is 5.23. The van der Waals surface area contributed by atoms with Gasteiger partial charge in [0.1, 0.15) is 0 Å². The topological polar surface area (TPSA) is 38.3 Å². The quantitative estimate of drug-likeness (QED) is 0.800. The summed E-state index contributed by atoms with van der Waals surface area (Å²) < 4.78 is 5.83. The summed E-state index contributed by atoms with van der Waals surface area (Å²) in [6.07, 6.45) is 7.76. The maximum absolute atomic E-state index is 11.2. The van der Waals surface area contributed by atoms with Crippen LogP contribution in [0.15, 0.2) is 0 Å². The van der Waals surface area contributed by atoms with Crippen molar-refractivity contribution < 1.29 is 9.53 Å². The molecular formula is C13H23NO2. The van der Waals surface area contributed by atoms with E-state index in [1.54, 1.807) is 6.92 Å². The van der Waals surface area contributed by atoms with Gasteiger partial charge in [0.05, 0.1) is 6.10 Å². The molecule has 2 fully saturated rings. The number of carbonyl (C=O) groups is 1. The Balaban J connectivity index is 2.02. The van der Waals surface area contributed by atoms with Crippen LogP contribution in [0.2, 0.25) is 0 Å². The van der Waals surface area contributed by atoms with Crippen LogP contribution < -0.4 is 5.32 Å². The van der Waals surface area contributed by atoms with Crippen LogP contribution in [-0.4, -0.2) is 24.7 Å². The molecule has 0 saturated heterocycles. The molecule has 0 aliphatic heterocycles. The lowest BCUT2D eigenvalue weighted by Gasteiger charge is -2.57. The minimum absolute atomic E-state index is 0.102. The molecule has 0 aromatic rings. The minimum atomic E-state index is 0.102. The maximum atomic E-state index is 11.2. The van der Waals surface area contributed by atoms with E-state index in [1.165, 1.54) is 32.1 Å². The normalized spacial score (nSPS) is 32.1. The third kappa shape index (κ3) is 1.97. The highest BCUT2D eigenvalue weighted by Crippen LogP contribution is 2.53. The van der Waals surface area contributed by atoms with Crippen molar-refractivity contribution in [1.29, 1.82) is 0 Å². The van der Waals surface area contributed by atoms with E-state index in [0.29, 0.717) is 12.1 Å². The number of amides is 1. The Labute approximate surface area is 97.9 Å². The van der Waals surface area contributed by atoms with Gasteiger partial charge < -0.3 is 10.1 Å². The third-order valence-corrected chi connectivity index (χ3v) is 4.31. The summed E-state index contributed by atoms with van der Waals surface area (Å²) in [5, 5.41) is 3.11. The van der Waals surface area contributed by atoms with Crippen molar-refractivity contribution >= 4 is 5.91 Å². The van der Waals surface area contributed by atoms with Gasteiger partial charge in [0, 0.05) is 25.0 Å². The second-order valence-corrected chi connectivity index (χ2v) is 5.23. The monoisotopic (exact) mass is 225 g/mol. The van der Waals surface area contributed by atoms with Gasteiger partial charge in [-0.05, 0) is 26.2 Å². The zero-order valence-electron chi connectivity index (χ0n) is 10.4. The molecule has 2 aliphatic carbocycles. The molecule has 0 bridgehead atoms. The number of nitrogens with one attached hydrogen (secondary N) is 1. The van der Waals surface area contributed by atoms with E-state index in [2.05, 4.69) is 12.2 Å². The number of hydrogen-bond donors (Lipinski definition) is 1. The molecule has 3 nitrogen and oxygen atoms in total. The Bertz CT molecular complexity index is 259. The first kappa shape index (κ1) is 11.9. The standard InChI is InChI=1S/C13H23NO2/c1-3-16-12-9-11(14-10(2)15)13(12)7-5-4-6-8-13/h11-12H,3-9H2,1-2H3,(H,14,15)/t11-,12-/m0/s1. The molecule has 2 saturated carbocycles. The zero-order valence-corrected chi connectivity index (χ0v) is 10.4. The molecular weight excluding hydrogens is 202 g/mol. The fourth-order valence-corrected chi connectivity index (χ4v) is 3.51. The fraction of sp³-hybridized carbons (Fsp3) is 0.923. The van der Waals surface area contributed by atoms with Crippen molar-refractivity contribution in [1.82, 2.24) is 5.32 Å². The Kier molecular flexibility index (Phi) is 3.53. The van der Waals surface area contributed by atoms with Gasteiger partial charge in [0.25, 0.3) is 0 Å². The van der Waals surface area contributed by atoms with Crippen LogP contribution in [0.5, 0.6) is 0 Å². The van der Waals surface area contributed by atoms with E-state index >= 15 is 0 Å². The molecule has 16 heavy (non-hydrogen) atoms. The van der Waals surface area contributed by atoms with Crippen LogP contribution in [0.1, 0.15) is 52.4 Å². The number of hydrogen-bond acceptors (Lipinski definition) is 2. The van der Waals surface area contributed by atoms with Gasteiger partial charge in [-0.2, -0.15) is 0 Å². The molecule has 1 N–H and O–H groups in total. The molecule has 0 radical (unpaired) electrons. The molecule has 0 heterocycles. The fourth-order valence-electron chi connectivity index (χ4n) is 3.51. The van der Waals surface area contributed by atoms with Crippen LogP contribution in [0, 0.1) is 5.41 Å². The summed E-state index contributed by atoms with van der Waals surface area (Å²) >= 11 is 0. The highest BCUT2D eigenvalue weighted by Gasteiger charge is 2.55. The molecule has 2 aliphatic rings. The largest absolute Gasteiger partial charge is 0.378 e. The lowest BCUT2D eigenvalue weighted by Crippen LogP contribution is -2.65. The first-order chi connectivity index (χ1) is 7.69. The van der Waals surface area contributed by atoms with E-state index in [4.69, 9.17) is 4.74 Å². The highest BCUT2D eigenvalue weighted by atomic mass is 16.5. The number of rotatable bonds is 3. The third-order valence-electron chi connectivity index (χ3n) is 4.31. The summed E-state index contributed by atoms with van der Waals surface area (Å²) in [6, 6.07) is 0.363. The zero-order chi connectivity index (χ0) is 11.6. The van der Waals surface area contributed by atoms with Crippen molar-refractivity contribution in [2.75, 3.05) is 6.61 Å². The highest BCUT2D eigenvalue weighted by molar-refractivity contribution is 5.73. The van der Waals surface area contributed by atoms with Crippen molar-refractivity contribution in [3.8, 4) is 0 Å². The van der Waals surface area contributed by atoms with Crippen LogP contribution in [0.4, 0.5) is 0 Å². The summed E-state index contributed by atoms with van der Waals surface area (Å²) in [7, 11) is 0. The van der Waals surface area contributed by atoms with Crippen LogP contribution >= 0.6 is 0 Å². The van der Waals surface area contributed by atoms with Gasteiger partial charge >= 0.3 is 0 Å². The minimum Gasteiger partial charge on any atom is -0.378 e. The molecule has 92 valence electrons. The first-order valence-corrected chi connectivity index (χ1v) is 6.58. The van der Waals surface area contributed by atoms with E-state index in [1.807, 2.05) is 0 Å². The number of ether oxygens (including phenoxy) is 1. The smallest absolute Gasteiger partial charge is 0.217 e. The molecule has 2 rings (SSSR count). The van der Waals surface area contributed by atoms with Crippen LogP contribution in [-0.2, 0) is 9.53 Å². The maximum Gasteiger partial charge on any atom is 0.217 e. The van der Waals surface area contributed by atoms with E-state index in [-0.39, 0.29) is 11.3 Å². The predicted octanol–water partition coefficient (Wildman–Crippen LogP) is 2.25. The molecule has 0 aromatic heterocycles. The van der Waals surface area contributed by atoms with E-state index in [9.17, 15) is 4.79 Å². The first-order valence-electron chi connectivity index (χ1n) is 6.58. The Hall–Kier alpha value is -0.570. The van der Waals surface area contributed by atoms with Gasteiger partial charge in [0.15, 0.2) is 0 Å². The molecule has 2 atom stereocenters. The Morgan fingerprint density at radius 2 is 2.06 bits per heavy atom. The van der Waals surface area contributed by atoms with Crippen molar-refractivity contribution in [2.24, 2.45) is 5.41 Å².